The van der Waals surface area contributed by atoms with E-state index in [2.05, 4.69) is 65.1 Å². The summed E-state index contributed by atoms with van der Waals surface area (Å²) in [4.78, 5) is 14.0. The van der Waals surface area contributed by atoms with Crippen molar-refractivity contribution < 1.29 is 31.1 Å². The Morgan fingerprint density at radius 2 is 1.00 bits per heavy atom. The molecule has 1 unspecified atom stereocenters. The molecule has 0 saturated heterocycles. The van der Waals surface area contributed by atoms with Crippen LogP contribution < -0.4 is 15.9 Å². The molecule has 1 N–H and O–H groups in total. The molecule has 52 heavy (non-hydrogen) atoms. The van der Waals surface area contributed by atoms with Crippen molar-refractivity contribution in [3.63, 3.8) is 0 Å². The summed E-state index contributed by atoms with van der Waals surface area (Å²) in [5, 5.41) is 4.93. The molecule has 0 spiro atoms. The van der Waals surface area contributed by atoms with Gasteiger partial charge >= 0.3 is 12.4 Å². The number of benzene rings is 5. The fourth-order valence-electron chi connectivity index (χ4n) is 6.02. The molecule has 0 aliphatic heterocycles. The minimum Gasteiger partial charge on any atom is -0.345 e. The lowest BCUT2D eigenvalue weighted by Crippen LogP contribution is -2.33. The number of hydrogen-bond donors (Lipinski definition) is 1. The molecule has 5 aromatic rings. The minimum atomic E-state index is -5.10. The Labute approximate surface area is 303 Å². The topological polar surface area (TPSA) is 29.1 Å². The van der Waals surface area contributed by atoms with Gasteiger partial charge in [0, 0.05) is 11.7 Å². The quantitative estimate of drug-likeness (QED) is 0.125. The SMILES string of the molecule is CC(C)(C)c1cc(-c2ccccc2C(CP(c2ccccc2)c2ccccc2)NC(=O)c2cc(C(F)(F)F)cc(C(F)(F)F)c2)cc(C(C)(C)C)c1. The second-order valence-electron chi connectivity index (χ2n) is 15.0. The first-order valence-electron chi connectivity index (χ1n) is 16.9. The summed E-state index contributed by atoms with van der Waals surface area (Å²) < 4.78 is 83.1. The predicted octanol–water partition coefficient (Wildman–Crippen LogP) is 11.6. The van der Waals surface area contributed by atoms with Gasteiger partial charge in [-0.25, -0.2) is 0 Å². The second-order valence-corrected chi connectivity index (χ2v) is 17.2. The van der Waals surface area contributed by atoms with E-state index in [1.807, 2.05) is 84.9 Å². The maximum atomic E-state index is 14.0. The van der Waals surface area contributed by atoms with Crippen molar-refractivity contribution in [3.05, 3.63) is 155 Å². The Morgan fingerprint density at radius 3 is 1.44 bits per heavy atom. The number of halogens is 6. The van der Waals surface area contributed by atoms with Gasteiger partial charge in [0.2, 0.25) is 0 Å². The van der Waals surface area contributed by atoms with E-state index in [9.17, 15) is 31.1 Å². The van der Waals surface area contributed by atoms with Gasteiger partial charge < -0.3 is 5.32 Å². The Hall–Kier alpha value is -4.42. The molecule has 2 nitrogen and oxygen atoms in total. The third-order valence-corrected chi connectivity index (χ3v) is 11.5. The van der Waals surface area contributed by atoms with Gasteiger partial charge in [-0.05, 0) is 75.4 Å². The minimum absolute atomic E-state index is 0.0304. The molecule has 272 valence electrons. The maximum Gasteiger partial charge on any atom is 0.416 e. The molecule has 1 atom stereocenters. The lowest BCUT2D eigenvalue weighted by molar-refractivity contribution is -0.143. The second kappa shape index (κ2) is 14.9. The number of nitrogens with one attached hydrogen (secondary N) is 1. The van der Waals surface area contributed by atoms with Crippen molar-refractivity contribution in [2.75, 3.05) is 6.16 Å². The van der Waals surface area contributed by atoms with Gasteiger partial charge in [-0.2, -0.15) is 26.3 Å². The van der Waals surface area contributed by atoms with Crippen molar-refractivity contribution >= 4 is 24.4 Å². The molecule has 0 aromatic heterocycles. The summed E-state index contributed by atoms with van der Waals surface area (Å²) in [7, 11) is -1.17. The van der Waals surface area contributed by atoms with E-state index in [-0.39, 0.29) is 16.9 Å². The normalized spacial score (nSPS) is 13.2. The van der Waals surface area contributed by atoms with Crippen LogP contribution in [0, 0.1) is 0 Å². The van der Waals surface area contributed by atoms with Crippen LogP contribution in [0.3, 0.4) is 0 Å². The fourth-order valence-corrected chi connectivity index (χ4v) is 8.46. The van der Waals surface area contributed by atoms with Gasteiger partial charge in [-0.15, -0.1) is 0 Å². The third-order valence-electron chi connectivity index (χ3n) is 8.97. The molecule has 0 aliphatic carbocycles. The molecule has 5 aromatic carbocycles. The van der Waals surface area contributed by atoms with E-state index < -0.39 is 48.9 Å². The van der Waals surface area contributed by atoms with Crippen molar-refractivity contribution in [3.8, 4) is 11.1 Å². The highest BCUT2D eigenvalue weighted by Gasteiger charge is 2.38. The average molecular weight is 734 g/mol. The van der Waals surface area contributed by atoms with Gasteiger partial charge in [-0.3, -0.25) is 4.79 Å². The summed E-state index contributed by atoms with van der Waals surface area (Å²) in [6.45, 7) is 12.8. The monoisotopic (exact) mass is 733 g/mol. The zero-order valence-electron chi connectivity index (χ0n) is 30.0. The number of rotatable bonds is 8. The highest BCUT2D eigenvalue weighted by atomic mass is 31.1. The molecule has 0 bridgehead atoms. The fraction of sp³-hybridized carbons (Fsp3) is 0.279. The standard InChI is InChI=1S/C43H42F6NOP/c1-40(2,3)30-21-28(22-31(25-30)41(4,5)6)36-19-13-14-20-37(36)38(27-52(34-15-9-7-10-16-34)35-17-11-8-12-18-35)50-39(51)29-23-32(42(44,45)46)26-33(24-29)43(47,48)49/h7-26,38H,27H2,1-6H3,(H,50,51). The lowest BCUT2D eigenvalue weighted by atomic mass is 9.78. The van der Waals surface area contributed by atoms with Crippen LogP contribution >= 0.6 is 7.92 Å². The molecule has 0 saturated carbocycles. The summed E-state index contributed by atoms with van der Waals surface area (Å²) in [5.74, 6) is -1.04. The van der Waals surface area contributed by atoms with Crippen LogP contribution in [0.4, 0.5) is 26.3 Å². The molecular formula is C43H42F6NOP. The van der Waals surface area contributed by atoms with Gasteiger partial charge in [0.1, 0.15) is 0 Å². The first kappa shape index (κ1) is 38.8. The highest BCUT2D eigenvalue weighted by Crippen LogP contribution is 2.43. The third kappa shape index (κ3) is 9.32. The maximum absolute atomic E-state index is 14.0. The zero-order chi connectivity index (χ0) is 38.1. The molecule has 0 fully saturated rings. The smallest absolute Gasteiger partial charge is 0.345 e. The van der Waals surface area contributed by atoms with E-state index in [1.54, 1.807) is 0 Å². The van der Waals surface area contributed by atoms with E-state index in [1.165, 1.54) is 0 Å². The predicted molar refractivity (Wildman–Crippen MR) is 200 cm³/mol. The van der Waals surface area contributed by atoms with Gasteiger partial charge in [0.25, 0.3) is 5.91 Å². The van der Waals surface area contributed by atoms with Crippen LogP contribution in [0.25, 0.3) is 11.1 Å². The van der Waals surface area contributed by atoms with E-state index in [0.29, 0.717) is 23.9 Å². The first-order chi connectivity index (χ1) is 24.2. The zero-order valence-corrected chi connectivity index (χ0v) is 30.8. The van der Waals surface area contributed by atoms with Gasteiger partial charge in [0.15, 0.2) is 0 Å². The molecule has 0 heterocycles. The van der Waals surface area contributed by atoms with Crippen molar-refractivity contribution in [1.29, 1.82) is 0 Å². The first-order valence-corrected chi connectivity index (χ1v) is 18.5. The summed E-state index contributed by atoms with van der Waals surface area (Å²) in [6.07, 6.45) is -9.87. The van der Waals surface area contributed by atoms with Crippen molar-refractivity contribution in [2.24, 2.45) is 0 Å². The van der Waals surface area contributed by atoms with Gasteiger partial charge in [0.05, 0.1) is 17.2 Å². The Bertz CT molecular complexity index is 1900. The number of alkyl halides is 6. The Morgan fingerprint density at radius 1 is 0.577 bits per heavy atom. The summed E-state index contributed by atoms with van der Waals surface area (Å²) >= 11 is 0. The van der Waals surface area contributed by atoms with E-state index in [0.717, 1.165) is 32.9 Å². The number of amides is 1. The molecule has 9 heteroatoms. The average Bonchev–Trinajstić information content (AvgIpc) is 3.09. The molecule has 0 aliphatic rings. The Balaban J connectivity index is 1.71. The largest absolute Gasteiger partial charge is 0.416 e. The number of carbonyl (C=O) groups is 1. The lowest BCUT2D eigenvalue weighted by Gasteiger charge is -2.29. The van der Waals surface area contributed by atoms with Crippen LogP contribution in [0.1, 0.15) is 85.8 Å². The van der Waals surface area contributed by atoms with Gasteiger partial charge in [-0.1, -0.05) is 145 Å². The van der Waals surface area contributed by atoms with Crippen LogP contribution in [0.5, 0.6) is 0 Å². The molecular weight excluding hydrogens is 691 g/mol. The highest BCUT2D eigenvalue weighted by molar-refractivity contribution is 7.73. The van der Waals surface area contributed by atoms with Crippen molar-refractivity contribution in [1.82, 2.24) is 5.32 Å². The van der Waals surface area contributed by atoms with Crippen LogP contribution in [0.2, 0.25) is 0 Å². The van der Waals surface area contributed by atoms with Crippen molar-refractivity contribution in [2.45, 2.75) is 70.8 Å². The van der Waals surface area contributed by atoms with Crippen LogP contribution in [-0.2, 0) is 23.2 Å². The Kier molecular flexibility index (Phi) is 11.1. The number of carbonyl (C=O) groups excluding carboxylic acids is 1. The van der Waals surface area contributed by atoms with Crippen LogP contribution in [0.15, 0.2) is 121 Å². The molecule has 5 rings (SSSR count). The van der Waals surface area contributed by atoms with E-state index >= 15 is 0 Å². The van der Waals surface area contributed by atoms with Crippen LogP contribution in [-0.4, -0.2) is 12.1 Å². The molecule has 0 radical (unpaired) electrons. The number of hydrogen-bond acceptors (Lipinski definition) is 1. The summed E-state index contributed by atoms with van der Waals surface area (Å²) in [5.41, 5.74) is 0.384. The van der Waals surface area contributed by atoms with E-state index in [4.69, 9.17) is 0 Å². The summed E-state index contributed by atoms with van der Waals surface area (Å²) in [6, 6.07) is 33.6. The molecule has 1 amide bonds.